The smallest absolute Gasteiger partial charge is 0.241 e. The molecule has 4 nitrogen and oxygen atoms in total. The molecule has 0 fully saturated rings. The zero-order valence-electron chi connectivity index (χ0n) is 5.77. The topological polar surface area (TPSA) is 68.9 Å². The molecule has 1 aromatic heterocycles. The van der Waals surface area contributed by atoms with E-state index in [0.29, 0.717) is 5.82 Å². The minimum atomic E-state index is -0.502. The fourth-order valence-electron chi connectivity index (χ4n) is 0.553. The number of hydrogen-bond donors (Lipinski definition) is 1. The number of amides is 1. The molecule has 0 radical (unpaired) electrons. The molecule has 0 aliphatic rings. The van der Waals surface area contributed by atoms with Crippen molar-refractivity contribution in [3.8, 4) is 0 Å². The van der Waals surface area contributed by atoms with Crippen LogP contribution in [0.5, 0.6) is 0 Å². The summed E-state index contributed by atoms with van der Waals surface area (Å²) in [6.07, 6.45) is 5.86. The highest BCUT2D eigenvalue weighted by Crippen LogP contribution is 1.89. The van der Waals surface area contributed by atoms with Gasteiger partial charge < -0.3 is 5.73 Å². The van der Waals surface area contributed by atoms with Crippen LogP contribution in [-0.4, -0.2) is 15.9 Å². The van der Waals surface area contributed by atoms with E-state index in [9.17, 15) is 4.79 Å². The average molecular weight is 149 g/mol. The van der Waals surface area contributed by atoms with Gasteiger partial charge in [-0.25, -0.2) is 9.97 Å². The first-order chi connectivity index (χ1) is 5.29. The summed E-state index contributed by atoms with van der Waals surface area (Å²) in [6, 6.07) is 1.70. The first-order valence-electron chi connectivity index (χ1n) is 3.03. The molecule has 0 atom stereocenters. The fourth-order valence-corrected chi connectivity index (χ4v) is 0.553. The first-order valence-corrected chi connectivity index (χ1v) is 3.03. The van der Waals surface area contributed by atoms with E-state index in [1.807, 2.05) is 0 Å². The number of nitrogens with zero attached hydrogens (tertiary/aromatic N) is 2. The molecule has 0 aliphatic carbocycles. The molecular weight excluding hydrogens is 142 g/mol. The number of carbonyl (C=O) groups excluding carboxylic acids is 1. The van der Waals surface area contributed by atoms with Crippen LogP contribution in [0.15, 0.2) is 24.5 Å². The second kappa shape index (κ2) is 3.46. The Morgan fingerprint density at radius 2 is 2.09 bits per heavy atom. The molecule has 1 heterocycles. The maximum atomic E-state index is 10.3. The second-order valence-corrected chi connectivity index (χ2v) is 1.84. The van der Waals surface area contributed by atoms with E-state index >= 15 is 0 Å². The van der Waals surface area contributed by atoms with Crippen LogP contribution < -0.4 is 5.73 Å². The van der Waals surface area contributed by atoms with Gasteiger partial charge in [-0.1, -0.05) is 0 Å². The Bertz CT molecular complexity index is 268. The van der Waals surface area contributed by atoms with Crippen molar-refractivity contribution in [1.82, 2.24) is 9.97 Å². The van der Waals surface area contributed by atoms with Gasteiger partial charge >= 0.3 is 0 Å². The highest BCUT2D eigenvalue weighted by molar-refractivity contribution is 5.89. The number of nitrogens with two attached hydrogens (primary N) is 1. The first kappa shape index (κ1) is 7.40. The van der Waals surface area contributed by atoms with E-state index in [4.69, 9.17) is 5.73 Å². The fraction of sp³-hybridized carbons (Fsp3) is 0. The average Bonchev–Trinajstić information content (AvgIpc) is 2.03. The van der Waals surface area contributed by atoms with Gasteiger partial charge in [0.2, 0.25) is 5.91 Å². The highest BCUT2D eigenvalue weighted by Gasteiger charge is 1.86. The Kier molecular flexibility index (Phi) is 2.32. The third-order valence-corrected chi connectivity index (χ3v) is 0.982. The van der Waals surface area contributed by atoms with Crippen molar-refractivity contribution in [3.63, 3.8) is 0 Å². The zero-order chi connectivity index (χ0) is 8.10. The van der Waals surface area contributed by atoms with Crippen molar-refractivity contribution < 1.29 is 4.79 Å². The Balaban J connectivity index is 2.72. The van der Waals surface area contributed by atoms with Crippen LogP contribution >= 0.6 is 0 Å². The van der Waals surface area contributed by atoms with Gasteiger partial charge in [0.1, 0.15) is 0 Å². The van der Waals surface area contributed by atoms with Crippen LogP contribution in [0.25, 0.3) is 6.08 Å². The largest absolute Gasteiger partial charge is 0.366 e. The summed E-state index contributed by atoms with van der Waals surface area (Å²) in [5.41, 5.74) is 4.86. The van der Waals surface area contributed by atoms with Gasteiger partial charge in [0.15, 0.2) is 5.82 Å². The zero-order valence-corrected chi connectivity index (χ0v) is 5.77. The van der Waals surface area contributed by atoms with Crippen LogP contribution in [-0.2, 0) is 4.79 Å². The van der Waals surface area contributed by atoms with E-state index in [1.54, 1.807) is 18.5 Å². The normalized spacial score (nSPS) is 10.2. The van der Waals surface area contributed by atoms with Gasteiger partial charge in [0, 0.05) is 18.5 Å². The molecule has 0 aliphatic heterocycles. The second-order valence-electron chi connectivity index (χ2n) is 1.84. The Labute approximate surface area is 63.8 Å². The molecule has 1 amide bonds. The molecule has 0 saturated carbocycles. The molecule has 0 spiro atoms. The van der Waals surface area contributed by atoms with Gasteiger partial charge in [-0.15, -0.1) is 0 Å². The molecule has 11 heavy (non-hydrogen) atoms. The van der Waals surface area contributed by atoms with Gasteiger partial charge in [0.05, 0.1) is 0 Å². The predicted molar refractivity (Wildman–Crippen MR) is 40.3 cm³/mol. The van der Waals surface area contributed by atoms with Gasteiger partial charge in [0.25, 0.3) is 0 Å². The monoisotopic (exact) mass is 149 g/mol. The SMILES string of the molecule is NC(=O)C=Cc1ncccn1. The molecule has 0 bridgehead atoms. The molecule has 1 rings (SSSR count). The quantitative estimate of drug-likeness (QED) is 0.600. The summed E-state index contributed by atoms with van der Waals surface area (Å²) in [4.78, 5) is 17.9. The summed E-state index contributed by atoms with van der Waals surface area (Å²) >= 11 is 0. The van der Waals surface area contributed by atoms with Crippen LogP contribution in [0.3, 0.4) is 0 Å². The minimum Gasteiger partial charge on any atom is -0.366 e. The Morgan fingerprint density at radius 3 is 2.64 bits per heavy atom. The number of aromatic nitrogens is 2. The van der Waals surface area contributed by atoms with Gasteiger partial charge in [-0.05, 0) is 12.1 Å². The molecular formula is C7H7N3O. The van der Waals surface area contributed by atoms with Crippen LogP contribution in [0.4, 0.5) is 0 Å². The summed E-state index contributed by atoms with van der Waals surface area (Å²) in [6.45, 7) is 0. The van der Waals surface area contributed by atoms with Crippen LogP contribution in [0.2, 0.25) is 0 Å². The number of hydrogen-bond acceptors (Lipinski definition) is 3. The Morgan fingerprint density at radius 1 is 1.45 bits per heavy atom. The van der Waals surface area contributed by atoms with Gasteiger partial charge in [-0.2, -0.15) is 0 Å². The lowest BCUT2D eigenvalue weighted by molar-refractivity contribution is -0.113. The van der Waals surface area contributed by atoms with Crippen molar-refractivity contribution in [2.45, 2.75) is 0 Å². The van der Waals surface area contributed by atoms with E-state index in [-0.39, 0.29) is 0 Å². The summed E-state index contributed by atoms with van der Waals surface area (Å²) in [5.74, 6) is -0.0243. The predicted octanol–water partition coefficient (Wildman–Crippen LogP) is -0.0249. The van der Waals surface area contributed by atoms with Crippen LogP contribution in [0, 0.1) is 0 Å². The van der Waals surface area contributed by atoms with E-state index in [1.165, 1.54) is 12.2 Å². The summed E-state index contributed by atoms with van der Waals surface area (Å²) in [7, 11) is 0. The van der Waals surface area contributed by atoms with Crippen molar-refractivity contribution in [1.29, 1.82) is 0 Å². The number of primary amides is 1. The van der Waals surface area contributed by atoms with Crippen molar-refractivity contribution >= 4 is 12.0 Å². The lowest BCUT2D eigenvalue weighted by atomic mass is 10.4. The maximum Gasteiger partial charge on any atom is 0.241 e. The van der Waals surface area contributed by atoms with E-state index in [0.717, 1.165) is 0 Å². The van der Waals surface area contributed by atoms with Gasteiger partial charge in [-0.3, -0.25) is 4.79 Å². The molecule has 1 aromatic rings. The third-order valence-electron chi connectivity index (χ3n) is 0.982. The standard InChI is InChI=1S/C7H7N3O/c8-6(11)2-3-7-9-4-1-5-10-7/h1-5H,(H2,8,11). The van der Waals surface area contributed by atoms with Crippen molar-refractivity contribution in [3.05, 3.63) is 30.4 Å². The molecule has 56 valence electrons. The number of carbonyl (C=O) groups is 1. The summed E-state index contributed by atoms with van der Waals surface area (Å²) < 4.78 is 0. The lowest BCUT2D eigenvalue weighted by Crippen LogP contribution is -2.05. The highest BCUT2D eigenvalue weighted by atomic mass is 16.1. The van der Waals surface area contributed by atoms with Crippen molar-refractivity contribution in [2.75, 3.05) is 0 Å². The minimum absolute atomic E-state index is 0.478. The molecule has 0 unspecified atom stereocenters. The lowest BCUT2D eigenvalue weighted by Gasteiger charge is -1.86. The maximum absolute atomic E-state index is 10.3. The molecule has 4 heteroatoms. The Hall–Kier alpha value is -1.71. The van der Waals surface area contributed by atoms with E-state index in [2.05, 4.69) is 9.97 Å². The number of rotatable bonds is 2. The molecule has 2 N–H and O–H groups in total. The van der Waals surface area contributed by atoms with Crippen molar-refractivity contribution in [2.24, 2.45) is 5.73 Å². The third kappa shape index (κ3) is 2.57. The molecule has 0 saturated heterocycles. The van der Waals surface area contributed by atoms with Crippen LogP contribution in [0.1, 0.15) is 5.82 Å². The van der Waals surface area contributed by atoms with E-state index < -0.39 is 5.91 Å². The summed E-state index contributed by atoms with van der Waals surface area (Å²) in [5, 5.41) is 0. The molecule has 0 aromatic carbocycles.